The minimum absolute atomic E-state index is 0.0712. The molecule has 6 heteroatoms. The van der Waals surface area contributed by atoms with Crippen LogP contribution in [0.25, 0.3) is 0 Å². The summed E-state index contributed by atoms with van der Waals surface area (Å²) in [7, 11) is 0. The van der Waals surface area contributed by atoms with Crippen molar-refractivity contribution in [2.24, 2.45) is 0 Å². The number of allylic oxidation sites excluding steroid dienone is 6. The van der Waals surface area contributed by atoms with Gasteiger partial charge in [-0.25, -0.2) is 0 Å². The lowest BCUT2D eigenvalue weighted by molar-refractivity contribution is -0.167. The number of carbonyl (C=O) groups is 3. The number of ether oxygens (including phenoxy) is 3. The molecule has 0 heterocycles. The van der Waals surface area contributed by atoms with E-state index < -0.39 is 6.10 Å². The predicted molar refractivity (Wildman–Crippen MR) is 293 cm³/mol. The molecule has 0 saturated heterocycles. The Morgan fingerprint density at radius 3 is 0.882 bits per heavy atom. The summed E-state index contributed by atoms with van der Waals surface area (Å²) in [5.41, 5.74) is 0. The third kappa shape index (κ3) is 54.6. The summed E-state index contributed by atoms with van der Waals surface area (Å²) >= 11 is 0. The minimum atomic E-state index is -0.771. The van der Waals surface area contributed by atoms with Crippen LogP contribution >= 0.6 is 0 Å². The average Bonchev–Trinajstić information content (AvgIpc) is 3.34. The van der Waals surface area contributed by atoms with Gasteiger partial charge in [-0.15, -0.1) is 0 Å². The van der Waals surface area contributed by atoms with E-state index in [0.717, 1.165) is 77.0 Å². The second-order valence-corrected chi connectivity index (χ2v) is 20.3. The van der Waals surface area contributed by atoms with Crippen LogP contribution in [0.4, 0.5) is 0 Å². The number of hydrogen-bond donors (Lipinski definition) is 0. The van der Waals surface area contributed by atoms with Crippen molar-refractivity contribution in [3.63, 3.8) is 0 Å². The smallest absolute Gasteiger partial charge is 0.306 e. The highest BCUT2D eigenvalue weighted by atomic mass is 16.6. The molecule has 0 rings (SSSR count). The van der Waals surface area contributed by atoms with E-state index in [1.165, 1.54) is 205 Å². The first-order valence-corrected chi connectivity index (χ1v) is 30.0. The molecular weight excluding hydrogens is 841 g/mol. The third-order valence-electron chi connectivity index (χ3n) is 13.3. The van der Waals surface area contributed by atoms with E-state index in [4.69, 9.17) is 14.2 Å². The Morgan fingerprint density at radius 1 is 0.294 bits per heavy atom. The molecule has 1 unspecified atom stereocenters. The summed E-state index contributed by atoms with van der Waals surface area (Å²) in [4.78, 5) is 38.1. The molecule has 1 atom stereocenters. The zero-order valence-electron chi connectivity index (χ0n) is 45.6. The highest BCUT2D eigenvalue weighted by Gasteiger charge is 2.19. The Bertz CT molecular complexity index is 1140. The molecule has 398 valence electrons. The van der Waals surface area contributed by atoms with Crippen molar-refractivity contribution >= 4 is 17.9 Å². The van der Waals surface area contributed by atoms with Gasteiger partial charge in [0.15, 0.2) is 6.10 Å². The molecule has 6 nitrogen and oxygen atoms in total. The van der Waals surface area contributed by atoms with E-state index >= 15 is 0 Å². The molecule has 0 aromatic heterocycles. The first kappa shape index (κ1) is 65.6. The standard InChI is InChI=1S/C62H114O6/c1-4-7-10-13-16-19-22-24-26-27-28-29-30-31-32-33-34-35-37-38-40-43-46-49-52-55-61(64)67-58-59(57-66-60(63)54-51-48-45-42-21-18-15-12-9-6-3)68-62(65)56-53-50-47-44-41-39-36-25-23-20-17-14-11-8-5-2/h12,15,22,24,27-28,59H,4-11,13-14,16-21,23,25-26,29-58H2,1-3H3/b15-12-,24-22-,28-27-. The average molecular weight is 956 g/mol. The molecule has 0 aromatic carbocycles. The van der Waals surface area contributed by atoms with Gasteiger partial charge in [-0.2, -0.15) is 0 Å². The highest BCUT2D eigenvalue weighted by molar-refractivity contribution is 5.71. The van der Waals surface area contributed by atoms with Crippen LogP contribution < -0.4 is 0 Å². The fourth-order valence-electron chi connectivity index (χ4n) is 8.83. The number of esters is 3. The summed E-state index contributed by atoms with van der Waals surface area (Å²) in [5, 5.41) is 0. The second-order valence-electron chi connectivity index (χ2n) is 20.3. The largest absolute Gasteiger partial charge is 0.462 e. The van der Waals surface area contributed by atoms with Crippen molar-refractivity contribution in [2.45, 2.75) is 329 Å². The maximum Gasteiger partial charge on any atom is 0.306 e. The van der Waals surface area contributed by atoms with Crippen molar-refractivity contribution in [3.05, 3.63) is 36.5 Å². The molecule has 0 saturated carbocycles. The van der Waals surface area contributed by atoms with E-state index in [2.05, 4.69) is 57.2 Å². The first-order chi connectivity index (χ1) is 33.5. The number of unbranched alkanes of at least 4 members (excludes halogenated alkanes) is 38. The van der Waals surface area contributed by atoms with E-state index in [0.29, 0.717) is 19.3 Å². The van der Waals surface area contributed by atoms with Gasteiger partial charge in [-0.05, 0) is 70.6 Å². The molecular formula is C62H114O6. The first-order valence-electron chi connectivity index (χ1n) is 30.0. The van der Waals surface area contributed by atoms with Gasteiger partial charge in [-0.3, -0.25) is 14.4 Å². The number of rotatable bonds is 55. The lowest BCUT2D eigenvalue weighted by Gasteiger charge is -2.18. The Morgan fingerprint density at radius 2 is 0.559 bits per heavy atom. The van der Waals surface area contributed by atoms with Crippen LogP contribution in [-0.2, 0) is 28.6 Å². The van der Waals surface area contributed by atoms with Crippen LogP contribution in [-0.4, -0.2) is 37.2 Å². The predicted octanol–water partition coefficient (Wildman–Crippen LogP) is 20.0. The number of hydrogen-bond acceptors (Lipinski definition) is 6. The highest BCUT2D eigenvalue weighted by Crippen LogP contribution is 2.17. The SMILES string of the molecule is CCC/C=C\CCCCCCCC(=O)OCC(COC(=O)CCCCCCCCCCCCCCC/C=C\C/C=C\CCCCCCC)OC(=O)CCCCCCCCCCCCCCCCC. The van der Waals surface area contributed by atoms with Crippen LogP contribution in [0.3, 0.4) is 0 Å². The Labute approximate surface area is 423 Å². The summed E-state index contributed by atoms with van der Waals surface area (Å²) < 4.78 is 16.9. The topological polar surface area (TPSA) is 78.9 Å². The normalized spacial score (nSPS) is 12.2. The van der Waals surface area contributed by atoms with E-state index in [1.54, 1.807) is 0 Å². The van der Waals surface area contributed by atoms with E-state index in [1.807, 2.05) is 0 Å². The van der Waals surface area contributed by atoms with Crippen LogP contribution in [0, 0.1) is 0 Å². The molecule has 68 heavy (non-hydrogen) atoms. The molecule has 0 aliphatic rings. The Hall–Kier alpha value is -2.37. The summed E-state index contributed by atoms with van der Waals surface area (Å²) in [6.45, 7) is 6.60. The molecule has 0 aliphatic heterocycles. The third-order valence-corrected chi connectivity index (χ3v) is 13.3. The van der Waals surface area contributed by atoms with Gasteiger partial charge in [0, 0.05) is 19.3 Å². The quantitative estimate of drug-likeness (QED) is 0.0262. The zero-order chi connectivity index (χ0) is 49.3. The molecule has 0 amide bonds. The van der Waals surface area contributed by atoms with Gasteiger partial charge in [0.05, 0.1) is 0 Å². The molecule has 0 fully saturated rings. The summed E-state index contributed by atoms with van der Waals surface area (Å²) in [6.07, 6.45) is 68.7. The Balaban J connectivity index is 4.18. The van der Waals surface area contributed by atoms with Crippen LogP contribution in [0.1, 0.15) is 323 Å². The molecule has 0 N–H and O–H groups in total. The molecule has 0 radical (unpaired) electrons. The monoisotopic (exact) mass is 955 g/mol. The fraction of sp³-hybridized carbons (Fsp3) is 0.855. The molecule has 0 aromatic rings. The zero-order valence-corrected chi connectivity index (χ0v) is 45.6. The molecule has 0 spiro atoms. The van der Waals surface area contributed by atoms with Crippen molar-refractivity contribution in [2.75, 3.05) is 13.2 Å². The van der Waals surface area contributed by atoms with E-state index in [-0.39, 0.29) is 31.1 Å². The van der Waals surface area contributed by atoms with Gasteiger partial charge in [0.25, 0.3) is 0 Å². The van der Waals surface area contributed by atoms with E-state index in [9.17, 15) is 14.4 Å². The van der Waals surface area contributed by atoms with Crippen molar-refractivity contribution < 1.29 is 28.6 Å². The van der Waals surface area contributed by atoms with Crippen LogP contribution in [0.2, 0.25) is 0 Å². The lowest BCUT2D eigenvalue weighted by Crippen LogP contribution is -2.30. The Kier molecular flexibility index (Phi) is 55.2. The van der Waals surface area contributed by atoms with Crippen molar-refractivity contribution in [1.29, 1.82) is 0 Å². The van der Waals surface area contributed by atoms with Gasteiger partial charge < -0.3 is 14.2 Å². The second kappa shape index (κ2) is 57.2. The van der Waals surface area contributed by atoms with Gasteiger partial charge in [0.2, 0.25) is 0 Å². The molecule has 0 aliphatic carbocycles. The summed E-state index contributed by atoms with van der Waals surface area (Å²) in [6, 6.07) is 0. The van der Waals surface area contributed by atoms with Gasteiger partial charge in [0.1, 0.15) is 13.2 Å². The molecule has 0 bridgehead atoms. The van der Waals surface area contributed by atoms with Crippen molar-refractivity contribution in [1.82, 2.24) is 0 Å². The number of carbonyl (C=O) groups excluding carboxylic acids is 3. The summed E-state index contributed by atoms with van der Waals surface area (Å²) in [5.74, 6) is -0.865. The fourth-order valence-corrected chi connectivity index (χ4v) is 8.83. The van der Waals surface area contributed by atoms with Crippen LogP contribution in [0.15, 0.2) is 36.5 Å². The minimum Gasteiger partial charge on any atom is -0.462 e. The van der Waals surface area contributed by atoms with Crippen LogP contribution in [0.5, 0.6) is 0 Å². The van der Waals surface area contributed by atoms with Gasteiger partial charge >= 0.3 is 17.9 Å². The van der Waals surface area contributed by atoms with Gasteiger partial charge in [-0.1, -0.05) is 269 Å². The maximum absolute atomic E-state index is 12.8. The van der Waals surface area contributed by atoms with Crippen molar-refractivity contribution in [3.8, 4) is 0 Å². The maximum atomic E-state index is 12.8. The lowest BCUT2D eigenvalue weighted by atomic mass is 10.0.